The maximum absolute atomic E-state index is 10.9. The van der Waals surface area contributed by atoms with Crippen LogP contribution in [-0.2, 0) is 4.79 Å². The second-order valence-corrected chi connectivity index (χ2v) is 6.77. The van der Waals surface area contributed by atoms with E-state index in [4.69, 9.17) is 5.11 Å². The van der Waals surface area contributed by atoms with Crippen molar-refractivity contribution in [2.45, 2.75) is 19.8 Å². The van der Waals surface area contributed by atoms with E-state index in [1.165, 1.54) is 0 Å². The van der Waals surface area contributed by atoms with Gasteiger partial charge in [0.05, 0.1) is 26.3 Å². The van der Waals surface area contributed by atoms with E-state index in [1.807, 2.05) is 37.3 Å². The van der Waals surface area contributed by atoms with Gasteiger partial charge in [0.1, 0.15) is 5.01 Å². The number of carboxylic acid groups (broad SMARTS) is 1. The van der Waals surface area contributed by atoms with Crippen LogP contribution in [0.5, 0.6) is 0 Å². The van der Waals surface area contributed by atoms with Gasteiger partial charge in [-0.3, -0.25) is 4.79 Å². The van der Waals surface area contributed by atoms with Crippen LogP contribution < -0.4 is 0 Å². The van der Waals surface area contributed by atoms with Gasteiger partial charge in [0.2, 0.25) is 0 Å². The van der Waals surface area contributed by atoms with Crippen molar-refractivity contribution in [3.63, 3.8) is 0 Å². The van der Waals surface area contributed by atoms with Crippen LogP contribution in [0, 0.1) is 6.92 Å². The number of thiazole rings is 2. The first-order valence-corrected chi connectivity index (χ1v) is 8.51. The van der Waals surface area contributed by atoms with Crippen molar-refractivity contribution in [2.75, 3.05) is 0 Å². The maximum Gasteiger partial charge on any atom is 0.303 e. The van der Waals surface area contributed by atoms with Crippen molar-refractivity contribution in [2.24, 2.45) is 0 Å². The molecular formula is C16H14N2O2S2. The SMILES string of the molecule is Cc1ncsc1C=C(CCC(=O)O)c1nc2ccccc2s1. The molecule has 6 heteroatoms. The highest BCUT2D eigenvalue weighted by atomic mass is 32.1. The number of fused-ring (bicyclic) bond motifs is 1. The number of hydrogen-bond acceptors (Lipinski definition) is 5. The highest BCUT2D eigenvalue weighted by molar-refractivity contribution is 7.19. The van der Waals surface area contributed by atoms with Crippen molar-refractivity contribution in [3.8, 4) is 0 Å². The molecule has 0 radical (unpaired) electrons. The average Bonchev–Trinajstić information content (AvgIpc) is 3.09. The van der Waals surface area contributed by atoms with E-state index in [-0.39, 0.29) is 6.42 Å². The number of benzene rings is 1. The van der Waals surface area contributed by atoms with E-state index in [1.54, 1.807) is 28.2 Å². The third-order valence-electron chi connectivity index (χ3n) is 3.26. The quantitative estimate of drug-likeness (QED) is 0.750. The normalized spacial score (nSPS) is 12.0. The van der Waals surface area contributed by atoms with Crippen molar-refractivity contribution >= 4 is 50.5 Å². The zero-order valence-corrected chi connectivity index (χ0v) is 13.6. The molecule has 1 N–H and O–H groups in total. The number of aromatic nitrogens is 2. The van der Waals surface area contributed by atoms with Gasteiger partial charge in [0.25, 0.3) is 0 Å². The number of para-hydroxylation sites is 1. The Morgan fingerprint density at radius 3 is 2.82 bits per heavy atom. The fraction of sp³-hybridized carbons (Fsp3) is 0.188. The highest BCUT2D eigenvalue weighted by Crippen LogP contribution is 2.32. The van der Waals surface area contributed by atoms with Crippen LogP contribution in [-0.4, -0.2) is 21.0 Å². The minimum absolute atomic E-state index is 0.0968. The Morgan fingerprint density at radius 1 is 1.32 bits per heavy atom. The van der Waals surface area contributed by atoms with E-state index >= 15 is 0 Å². The molecule has 0 aliphatic carbocycles. The molecule has 0 unspecified atom stereocenters. The van der Waals surface area contributed by atoms with Gasteiger partial charge in [0, 0.05) is 6.42 Å². The average molecular weight is 330 g/mol. The Morgan fingerprint density at radius 2 is 2.14 bits per heavy atom. The van der Waals surface area contributed by atoms with Gasteiger partial charge in [-0.2, -0.15) is 0 Å². The number of hydrogen-bond donors (Lipinski definition) is 1. The lowest BCUT2D eigenvalue weighted by Gasteiger charge is -2.02. The molecule has 0 bridgehead atoms. The van der Waals surface area contributed by atoms with Crippen LogP contribution in [0.25, 0.3) is 21.9 Å². The molecule has 0 saturated carbocycles. The van der Waals surface area contributed by atoms with Crippen LogP contribution in [0.2, 0.25) is 0 Å². The zero-order chi connectivity index (χ0) is 15.5. The predicted molar refractivity (Wildman–Crippen MR) is 91.2 cm³/mol. The summed E-state index contributed by atoms with van der Waals surface area (Å²) in [6, 6.07) is 7.95. The van der Waals surface area contributed by atoms with Crippen LogP contribution in [0.3, 0.4) is 0 Å². The number of rotatable bonds is 5. The lowest BCUT2D eigenvalue weighted by molar-refractivity contribution is -0.136. The summed E-state index contributed by atoms with van der Waals surface area (Å²) in [5, 5.41) is 9.86. The van der Waals surface area contributed by atoms with Gasteiger partial charge in [-0.1, -0.05) is 12.1 Å². The van der Waals surface area contributed by atoms with Gasteiger partial charge in [-0.05, 0) is 37.1 Å². The number of carbonyl (C=O) groups is 1. The number of allylic oxidation sites excluding steroid dienone is 1. The topological polar surface area (TPSA) is 63.1 Å². The van der Waals surface area contributed by atoms with Crippen molar-refractivity contribution < 1.29 is 9.90 Å². The van der Waals surface area contributed by atoms with Gasteiger partial charge in [-0.25, -0.2) is 9.97 Å². The smallest absolute Gasteiger partial charge is 0.303 e. The summed E-state index contributed by atoms with van der Waals surface area (Å²) in [6.07, 6.45) is 2.58. The molecule has 0 spiro atoms. The molecule has 3 rings (SSSR count). The van der Waals surface area contributed by atoms with Crippen LogP contribution in [0.15, 0.2) is 29.8 Å². The molecule has 2 heterocycles. The third kappa shape index (κ3) is 3.23. The summed E-state index contributed by atoms with van der Waals surface area (Å²) in [6.45, 7) is 1.95. The Balaban J connectivity index is 2.02. The molecule has 2 aromatic heterocycles. The lowest BCUT2D eigenvalue weighted by atomic mass is 10.1. The molecule has 0 atom stereocenters. The Bertz CT molecular complexity index is 816. The molecule has 4 nitrogen and oxygen atoms in total. The molecule has 0 aliphatic heterocycles. The van der Waals surface area contributed by atoms with Crippen molar-refractivity contribution in [1.82, 2.24) is 9.97 Å². The summed E-state index contributed by atoms with van der Waals surface area (Å²) in [7, 11) is 0. The van der Waals surface area contributed by atoms with Crippen LogP contribution in [0.4, 0.5) is 0 Å². The summed E-state index contributed by atoms with van der Waals surface area (Å²) in [4.78, 5) is 20.9. The first kappa shape index (κ1) is 14.9. The molecule has 0 amide bonds. The highest BCUT2D eigenvalue weighted by Gasteiger charge is 2.12. The second kappa shape index (κ2) is 6.37. The van der Waals surface area contributed by atoms with Crippen LogP contribution in [0.1, 0.15) is 28.4 Å². The third-order valence-corrected chi connectivity index (χ3v) is 5.25. The number of aliphatic carboxylic acids is 1. The molecular weight excluding hydrogens is 316 g/mol. The number of nitrogens with zero attached hydrogens (tertiary/aromatic N) is 2. The number of carboxylic acids is 1. The van der Waals surface area contributed by atoms with E-state index in [2.05, 4.69) is 9.97 Å². The molecule has 1 aromatic carbocycles. The summed E-state index contributed by atoms with van der Waals surface area (Å²) < 4.78 is 1.11. The minimum atomic E-state index is -0.798. The Hall–Kier alpha value is -2.05. The van der Waals surface area contributed by atoms with Crippen molar-refractivity contribution in [3.05, 3.63) is 45.4 Å². The monoisotopic (exact) mass is 330 g/mol. The largest absolute Gasteiger partial charge is 0.481 e. The van der Waals surface area contributed by atoms with Gasteiger partial charge < -0.3 is 5.11 Å². The summed E-state index contributed by atoms with van der Waals surface area (Å²) in [5.41, 5.74) is 4.66. The molecule has 0 fully saturated rings. The van der Waals surface area contributed by atoms with Gasteiger partial charge in [-0.15, -0.1) is 22.7 Å². The molecule has 3 aromatic rings. The first-order valence-electron chi connectivity index (χ1n) is 6.82. The zero-order valence-electron chi connectivity index (χ0n) is 11.9. The lowest BCUT2D eigenvalue weighted by Crippen LogP contribution is -1.95. The van der Waals surface area contributed by atoms with E-state index < -0.39 is 5.97 Å². The fourth-order valence-corrected chi connectivity index (χ4v) is 3.87. The van der Waals surface area contributed by atoms with Crippen LogP contribution >= 0.6 is 22.7 Å². The van der Waals surface area contributed by atoms with E-state index in [9.17, 15) is 4.79 Å². The standard InChI is InChI=1S/C16H14N2O2S2/c1-10-14(21-9-17-10)8-11(6-7-15(19)20)16-18-12-4-2-3-5-13(12)22-16/h2-5,8-9H,6-7H2,1H3,(H,19,20). The first-order chi connectivity index (χ1) is 10.6. The Labute approximate surface area is 135 Å². The number of aryl methyl sites for hydroxylation is 1. The molecule has 0 saturated heterocycles. The Kier molecular flexibility index (Phi) is 4.31. The van der Waals surface area contributed by atoms with E-state index in [0.29, 0.717) is 6.42 Å². The van der Waals surface area contributed by atoms with E-state index in [0.717, 1.165) is 31.4 Å². The molecule has 0 aliphatic rings. The summed E-state index contributed by atoms with van der Waals surface area (Å²) >= 11 is 3.15. The molecule has 22 heavy (non-hydrogen) atoms. The fourth-order valence-electron chi connectivity index (χ4n) is 2.10. The second-order valence-electron chi connectivity index (χ2n) is 4.85. The summed E-state index contributed by atoms with van der Waals surface area (Å²) in [5.74, 6) is -0.798. The minimum Gasteiger partial charge on any atom is -0.481 e. The molecule has 112 valence electrons. The van der Waals surface area contributed by atoms with Crippen molar-refractivity contribution in [1.29, 1.82) is 0 Å². The maximum atomic E-state index is 10.9. The van der Waals surface area contributed by atoms with Gasteiger partial charge in [0.15, 0.2) is 0 Å². The van der Waals surface area contributed by atoms with Gasteiger partial charge >= 0.3 is 5.97 Å². The predicted octanol–water partition coefficient (Wildman–Crippen LogP) is 4.47.